The second-order valence-corrected chi connectivity index (χ2v) is 5.34. The molecule has 0 unspecified atom stereocenters. The van der Waals surface area contributed by atoms with Crippen LogP contribution in [0.25, 0.3) is 0 Å². The molecule has 9 nitrogen and oxygen atoms in total. The minimum absolute atomic E-state index is 0.106. The lowest BCUT2D eigenvalue weighted by Crippen LogP contribution is -2.15. The molecule has 3 aromatic rings. The van der Waals surface area contributed by atoms with Gasteiger partial charge in [0.05, 0.1) is 17.7 Å². The van der Waals surface area contributed by atoms with Gasteiger partial charge >= 0.3 is 11.6 Å². The Morgan fingerprint density at radius 1 is 1.08 bits per heavy atom. The lowest BCUT2D eigenvalue weighted by atomic mass is 10.3. The van der Waals surface area contributed by atoms with Gasteiger partial charge in [0.1, 0.15) is 11.9 Å². The van der Waals surface area contributed by atoms with Crippen molar-refractivity contribution in [3.8, 4) is 5.75 Å². The molecule has 0 bridgehead atoms. The van der Waals surface area contributed by atoms with Crippen molar-refractivity contribution in [3.05, 3.63) is 64.8 Å². The summed E-state index contributed by atoms with van der Waals surface area (Å²) in [7, 11) is 1.59. The Bertz CT molecular complexity index is 913. The van der Waals surface area contributed by atoms with Crippen molar-refractivity contribution in [3.63, 3.8) is 0 Å². The molecular formula is C17H17N6O3+. The molecule has 0 amide bonds. The lowest BCUT2D eigenvalue weighted by Gasteiger charge is -2.05. The van der Waals surface area contributed by atoms with E-state index in [2.05, 4.69) is 20.6 Å². The average molecular weight is 353 g/mol. The molecule has 1 aromatic heterocycles. The maximum absolute atomic E-state index is 11.3. The lowest BCUT2D eigenvalue weighted by molar-refractivity contribution is -0.414. The third-order valence-electron chi connectivity index (χ3n) is 3.53. The molecule has 0 fully saturated rings. The molecule has 0 spiro atoms. The van der Waals surface area contributed by atoms with Crippen LogP contribution in [0.3, 0.4) is 0 Å². The Hall–Kier alpha value is -3.88. The number of nitrogens with two attached hydrogens (primary N) is 1. The Morgan fingerprint density at radius 2 is 1.69 bits per heavy atom. The number of nitrogens with zero attached hydrogens (tertiary/aromatic N) is 2. The first-order valence-electron chi connectivity index (χ1n) is 7.66. The fourth-order valence-corrected chi connectivity index (χ4v) is 2.22. The number of H-pyrrole nitrogens is 1. The van der Waals surface area contributed by atoms with Gasteiger partial charge in [-0.05, 0) is 53.5 Å². The van der Waals surface area contributed by atoms with Crippen LogP contribution >= 0.6 is 0 Å². The molecule has 0 saturated carbocycles. The molecule has 0 aliphatic carbocycles. The quantitative estimate of drug-likeness (QED) is 0.353. The van der Waals surface area contributed by atoms with Crippen molar-refractivity contribution in [1.29, 1.82) is 0 Å². The van der Waals surface area contributed by atoms with Crippen LogP contribution in [0.1, 0.15) is 0 Å². The molecule has 1 heterocycles. The van der Waals surface area contributed by atoms with Crippen molar-refractivity contribution >= 4 is 34.5 Å². The molecule has 0 aliphatic heterocycles. The van der Waals surface area contributed by atoms with Gasteiger partial charge in [-0.1, -0.05) is 0 Å². The van der Waals surface area contributed by atoms with Crippen LogP contribution < -0.4 is 26.1 Å². The molecular weight excluding hydrogens is 336 g/mol. The van der Waals surface area contributed by atoms with E-state index in [-0.39, 0.29) is 11.5 Å². The number of anilines is 5. The molecule has 9 heteroatoms. The third kappa shape index (κ3) is 3.96. The average Bonchev–Trinajstić information content (AvgIpc) is 2.64. The monoisotopic (exact) mass is 353 g/mol. The molecule has 3 rings (SSSR count). The number of hydrogen-bond acceptors (Lipinski definition) is 7. The Labute approximate surface area is 149 Å². The molecule has 26 heavy (non-hydrogen) atoms. The Morgan fingerprint density at radius 3 is 2.31 bits per heavy atom. The van der Waals surface area contributed by atoms with Crippen LogP contribution in [0.4, 0.5) is 34.5 Å². The molecule has 132 valence electrons. The van der Waals surface area contributed by atoms with Crippen LogP contribution in [0.2, 0.25) is 0 Å². The summed E-state index contributed by atoms with van der Waals surface area (Å²) < 4.78 is 5.11. The van der Waals surface area contributed by atoms with Crippen molar-refractivity contribution in [2.45, 2.75) is 0 Å². The summed E-state index contributed by atoms with van der Waals surface area (Å²) in [6.45, 7) is 0. The smallest absolute Gasteiger partial charge is 0.396 e. The van der Waals surface area contributed by atoms with E-state index in [1.54, 1.807) is 43.5 Å². The number of aromatic nitrogens is 2. The summed E-state index contributed by atoms with van der Waals surface area (Å²) in [5.74, 6) is 1.18. The van der Waals surface area contributed by atoms with E-state index in [0.717, 1.165) is 11.4 Å². The first-order chi connectivity index (χ1) is 12.5. The van der Waals surface area contributed by atoms with Crippen LogP contribution in [-0.2, 0) is 0 Å². The van der Waals surface area contributed by atoms with Crippen molar-refractivity contribution < 1.29 is 14.6 Å². The van der Waals surface area contributed by atoms with Crippen molar-refractivity contribution in [2.24, 2.45) is 0 Å². The van der Waals surface area contributed by atoms with Gasteiger partial charge in [-0.3, -0.25) is 10.1 Å². The van der Waals surface area contributed by atoms with E-state index in [1.807, 2.05) is 12.1 Å². The topological polar surface area (TPSA) is 129 Å². The largest absolute Gasteiger partial charge is 0.497 e. The maximum Gasteiger partial charge on any atom is 0.396 e. The standard InChI is InChI=1S/C17H16N6O3/c1-26-14-8-6-13(7-9-14)21-17-19-10-15(23(24)25)16(22-17)20-12-4-2-11(18)3-5-12/h2-10H,18H2,1H3,(H2,19,20,21,22)/p+1. The minimum atomic E-state index is -0.514. The Balaban J connectivity index is 1.87. The van der Waals surface area contributed by atoms with E-state index in [9.17, 15) is 10.1 Å². The Kier molecular flexibility index (Phi) is 4.79. The highest BCUT2D eigenvalue weighted by molar-refractivity contribution is 5.67. The van der Waals surface area contributed by atoms with E-state index in [1.165, 1.54) is 6.20 Å². The van der Waals surface area contributed by atoms with Crippen molar-refractivity contribution in [2.75, 3.05) is 23.5 Å². The van der Waals surface area contributed by atoms with E-state index < -0.39 is 4.92 Å². The van der Waals surface area contributed by atoms with Gasteiger partial charge in [-0.25, -0.2) is 10.3 Å². The summed E-state index contributed by atoms with van der Waals surface area (Å²) in [5, 5.41) is 17.2. The van der Waals surface area contributed by atoms with E-state index in [0.29, 0.717) is 17.3 Å². The molecule has 5 N–H and O–H groups in total. The normalized spacial score (nSPS) is 10.2. The highest BCUT2D eigenvalue weighted by Crippen LogP contribution is 2.26. The molecule has 0 atom stereocenters. The third-order valence-corrected chi connectivity index (χ3v) is 3.53. The van der Waals surface area contributed by atoms with Crippen molar-refractivity contribution in [1.82, 2.24) is 4.98 Å². The number of nitrogens with one attached hydrogen (secondary N) is 3. The number of nitro groups is 1. The second kappa shape index (κ2) is 7.34. The molecule has 0 saturated heterocycles. The highest BCUT2D eigenvalue weighted by Gasteiger charge is 2.23. The zero-order chi connectivity index (χ0) is 18.5. The van der Waals surface area contributed by atoms with Crippen LogP contribution in [0, 0.1) is 10.1 Å². The zero-order valence-corrected chi connectivity index (χ0v) is 13.9. The maximum atomic E-state index is 11.3. The van der Waals surface area contributed by atoms with E-state index in [4.69, 9.17) is 10.5 Å². The SMILES string of the molecule is COc1ccc(Nc2nc(Nc3ccc(N)cc3)c([N+](=O)[O-])c[nH+]2)cc1. The first kappa shape index (κ1) is 17.0. The summed E-state index contributed by atoms with van der Waals surface area (Å²) in [6, 6.07) is 14.0. The summed E-state index contributed by atoms with van der Waals surface area (Å²) in [4.78, 5) is 17.8. The number of ether oxygens (including phenoxy) is 1. The number of hydrogen-bond donors (Lipinski definition) is 3. The molecule has 0 aliphatic rings. The summed E-state index contributed by atoms with van der Waals surface area (Å²) in [6.07, 6.45) is 1.28. The number of benzene rings is 2. The fraction of sp³-hybridized carbons (Fsp3) is 0.0588. The fourth-order valence-electron chi connectivity index (χ4n) is 2.22. The number of aromatic amines is 1. The van der Waals surface area contributed by atoms with Crippen LogP contribution in [-0.4, -0.2) is 17.0 Å². The van der Waals surface area contributed by atoms with Gasteiger partial charge in [-0.15, -0.1) is 0 Å². The summed E-state index contributed by atoms with van der Waals surface area (Å²) >= 11 is 0. The number of nitrogen functional groups attached to an aromatic ring is 1. The molecule has 0 radical (unpaired) electrons. The van der Waals surface area contributed by atoms with Gasteiger partial charge in [-0.2, -0.15) is 0 Å². The highest BCUT2D eigenvalue weighted by atomic mass is 16.6. The molecule has 2 aromatic carbocycles. The minimum Gasteiger partial charge on any atom is -0.497 e. The van der Waals surface area contributed by atoms with Gasteiger partial charge < -0.3 is 15.8 Å². The number of rotatable bonds is 6. The number of methoxy groups -OCH3 is 1. The van der Waals surface area contributed by atoms with Gasteiger partial charge in [0.25, 0.3) is 5.82 Å². The summed E-state index contributed by atoms with van der Waals surface area (Å²) in [5.41, 5.74) is 7.46. The van der Waals surface area contributed by atoms with E-state index >= 15 is 0 Å². The van der Waals surface area contributed by atoms with Gasteiger partial charge in [0.15, 0.2) is 0 Å². The predicted molar refractivity (Wildman–Crippen MR) is 97.9 cm³/mol. The first-order valence-corrected chi connectivity index (χ1v) is 7.66. The van der Waals surface area contributed by atoms with Gasteiger partial charge in [0, 0.05) is 11.4 Å². The van der Waals surface area contributed by atoms with Crippen LogP contribution in [0.15, 0.2) is 54.7 Å². The predicted octanol–water partition coefficient (Wildman–Crippen LogP) is 2.88. The second-order valence-electron chi connectivity index (χ2n) is 5.34. The van der Waals surface area contributed by atoms with Crippen LogP contribution in [0.5, 0.6) is 5.75 Å². The zero-order valence-electron chi connectivity index (χ0n) is 13.9. The van der Waals surface area contributed by atoms with Gasteiger partial charge in [0.2, 0.25) is 0 Å².